The van der Waals surface area contributed by atoms with Gasteiger partial charge in [-0.2, -0.15) is 0 Å². The molecule has 1 aliphatic heterocycles. The number of ether oxygens (including phenoxy) is 1. The quantitative estimate of drug-likeness (QED) is 0.844. The topological polar surface area (TPSA) is 32.7 Å². The summed E-state index contributed by atoms with van der Waals surface area (Å²) < 4.78 is 5.34. The number of hydrogen-bond acceptors (Lipinski definition) is 3. The first-order valence-corrected chi connectivity index (χ1v) is 6.47. The fourth-order valence-corrected chi connectivity index (χ4v) is 2.79. The summed E-state index contributed by atoms with van der Waals surface area (Å²) in [6, 6.07) is 4.17. The molecule has 1 aromatic carbocycles. The molecule has 0 bridgehead atoms. The zero-order valence-electron chi connectivity index (χ0n) is 10.1. The molecule has 17 heavy (non-hydrogen) atoms. The summed E-state index contributed by atoms with van der Waals surface area (Å²) in [6.07, 6.45) is 3.53. The van der Waals surface area contributed by atoms with Gasteiger partial charge < -0.3 is 9.84 Å². The number of aryl methyl sites for hydroxylation is 2. The Hall–Kier alpha value is -1.06. The highest BCUT2D eigenvalue weighted by molar-refractivity contribution is 5.44. The average Bonchev–Trinajstić information content (AvgIpc) is 2.78. The van der Waals surface area contributed by atoms with Crippen molar-refractivity contribution in [3.8, 4) is 5.75 Å². The van der Waals surface area contributed by atoms with E-state index in [1.807, 2.05) is 6.07 Å². The van der Waals surface area contributed by atoms with E-state index in [2.05, 4.69) is 11.0 Å². The van der Waals surface area contributed by atoms with Gasteiger partial charge in [0, 0.05) is 25.2 Å². The smallest absolute Gasteiger partial charge is 0.120 e. The molecular weight excluding hydrogens is 214 g/mol. The van der Waals surface area contributed by atoms with Gasteiger partial charge >= 0.3 is 0 Å². The standard InChI is InChI=1S/C14H19NO2/c16-14-9-12-3-1-2-11(12)8-13(14)10-15-4-6-17-7-5-15/h8-9,16H,1-7,10H2. The molecular formula is C14H19NO2. The van der Waals surface area contributed by atoms with E-state index >= 15 is 0 Å². The molecule has 3 heteroatoms. The van der Waals surface area contributed by atoms with Crippen LogP contribution in [0.3, 0.4) is 0 Å². The maximum atomic E-state index is 10.0. The van der Waals surface area contributed by atoms with E-state index in [4.69, 9.17) is 4.74 Å². The van der Waals surface area contributed by atoms with E-state index < -0.39 is 0 Å². The van der Waals surface area contributed by atoms with E-state index in [0.717, 1.165) is 44.8 Å². The van der Waals surface area contributed by atoms with Crippen LogP contribution >= 0.6 is 0 Å². The zero-order valence-corrected chi connectivity index (χ0v) is 10.1. The van der Waals surface area contributed by atoms with Crippen molar-refractivity contribution >= 4 is 0 Å². The number of fused-ring (bicyclic) bond motifs is 1. The highest BCUT2D eigenvalue weighted by Gasteiger charge is 2.17. The van der Waals surface area contributed by atoms with Gasteiger partial charge in [0.25, 0.3) is 0 Å². The number of morpholine rings is 1. The van der Waals surface area contributed by atoms with Gasteiger partial charge in [0.15, 0.2) is 0 Å². The van der Waals surface area contributed by atoms with E-state index in [0.29, 0.717) is 5.75 Å². The third-order valence-corrected chi connectivity index (χ3v) is 3.79. The van der Waals surface area contributed by atoms with Crippen LogP contribution in [-0.4, -0.2) is 36.3 Å². The summed E-state index contributed by atoms with van der Waals surface area (Å²) in [4.78, 5) is 2.35. The molecule has 1 saturated heterocycles. The molecule has 0 amide bonds. The van der Waals surface area contributed by atoms with Gasteiger partial charge in [-0.1, -0.05) is 6.07 Å². The summed E-state index contributed by atoms with van der Waals surface area (Å²) in [7, 11) is 0. The van der Waals surface area contributed by atoms with Crippen LogP contribution < -0.4 is 0 Å². The van der Waals surface area contributed by atoms with Crippen molar-refractivity contribution < 1.29 is 9.84 Å². The van der Waals surface area contributed by atoms with E-state index in [1.54, 1.807) is 0 Å². The van der Waals surface area contributed by atoms with Crippen LogP contribution in [0.2, 0.25) is 0 Å². The molecule has 1 N–H and O–H groups in total. The lowest BCUT2D eigenvalue weighted by atomic mass is 10.0. The molecule has 1 fully saturated rings. The van der Waals surface area contributed by atoms with Crippen LogP contribution in [-0.2, 0) is 24.1 Å². The minimum Gasteiger partial charge on any atom is -0.508 e. The second-order valence-electron chi connectivity index (χ2n) is 4.99. The monoisotopic (exact) mass is 233 g/mol. The molecule has 0 spiro atoms. The molecule has 3 nitrogen and oxygen atoms in total. The van der Waals surface area contributed by atoms with Crippen LogP contribution in [0.1, 0.15) is 23.1 Å². The van der Waals surface area contributed by atoms with Gasteiger partial charge in [-0.3, -0.25) is 4.90 Å². The Morgan fingerprint density at radius 1 is 1.12 bits per heavy atom. The summed E-state index contributed by atoms with van der Waals surface area (Å²) in [5.74, 6) is 0.470. The highest BCUT2D eigenvalue weighted by Crippen LogP contribution is 2.29. The van der Waals surface area contributed by atoms with Gasteiger partial charge in [-0.15, -0.1) is 0 Å². The van der Waals surface area contributed by atoms with Crippen molar-refractivity contribution in [3.05, 3.63) is 28.8 Å². The number of phenols is 1. The molecule has 1 aliphatic carbocycles. The molecule has 1 aromatic rings. The Labute approximate surface area is 102 Å². The fraction of sp³-hybridized carbons (Fsp3) is 0.571. The number of nitrogens with zero attached hydrogens (tertiary/aromatic N) is 1. The number of aromatic hydroxyl groups is 1. The number of phenolic OH excluding ortho intramolecular Hbond substituents is 1. The van der Waals surface area contributed by atoms with Gasteiger partial charge in [-0.25, -0.2) is 0 Å². The van der Waals surface area contributed by atoms with E-state index in [-0.39, 0.29) is 0 Å². The largest absolute Gasteiger partial charge is 0.508 e. The van der Waals surface area contributed by atoms with Crippen molar-refractivity contribution in [1.29, 1.82) is 0 Å². The van der Waals surface area contributed by atoms with Crippen LogP contribution in [0.25, 0.3) is 0 Å². The summed E-state index contributed by atoms with van der Waals surface area (Å²) in [5, 5.41) is 10.0. The lowest BCUT2D eigenvalue weighted by Gasteiger charge is -2.27. The molecule has 2 aliphatic rings. The first-order chi connectivity index (χ1) is 8.33. The number of hydrogen-bond donors (Lipinski definition) is 1. The van der Waals surface area contributed by atoms with Crippen LogP contribution in [0.4, 0.5) is 0 Å². The average molecular weight is 233 g/mol. The van der Waals surface area contributed by atoms with Gasteiger partial charge in [0.1, 0.15) is 5.75 Å². The SMILES string of the molecule is Oc1cc2c(cc1CN1CCOCC1)CCC2. The summed E-state index contributed by atoms with van der Waals surface area (Å²) in [5.41, 5.74) is 3.85. The molecule has 0 atom stereocenters. The zero-order chi connectivity index (χ0) is 11.7. The lowest BCUT2D eigenvalue weighted by molar-refractivity contribution is 0.0339. The maximum Gasteiger partial charge on any atom is 0.120 e. The molecule has 0 saturated carbocycles. The fourth-order valence-electron chi connectivity index (χ4n) is 2.79. The second-order valence-corrected chi connectivity index (χ2v) is 4.99. The Bertz CT molecular complexity index is 411. The second kappa shape index (κ2) is 4.67. The minimum atomic E-state index is 0.470. The third-order valence-electron chi connectivity index (χ3n) is 3.79. The van der Waals surface area contributed by atoms with Gasteiger partial charge in [0.2, 0.25) is 0 Å². The van der Waals surface area contributed by atoms with E-state index in [1.165, 1.54) is 24.0 Å². The van der Waals surface area contributed by atoms with Crippen LogP contribution in [0.15, 0.2) is 12.1 Å². The first kappa shape index (κ1) is 11.1. The minimum absolute atomic E-state index is 0.470. The van der Waals surface area contributed by atoms with E-state index in [9.17, 15) is 5.11 Å². The van der Waals surface area contributed by atoms with Crippen molar-refractivity contribution in [2.45, 2.75) is 25.8 Å². The Morgan fingerprint density at radius 3 is 2.59 bits per heavy atom. The van der Waals surface area contributed by atoms with Crippen molar-refractivity contribution in [2.75, 3.05) is 26.3 Å². The molecule has 1 heterocycles. The van der Waals surface area contributed by atoms with Gasteiger partial charge in [-0.05, 0) is 36.5 Å². The molecule has 0 unspecified atom stereocenters. The van der Waals surface area contributed by atoms with Crippen molar-refractivity contribution in [3.63, 3.8) is 0 Å². The van der Waals surface area contributed by atoms with Gasteiger partial charge in [0.05, 0.1) is 13.2 Å². The normalized spacial score (nSPS) is 20.5. The van der Waals surface area contributed by atoms with Crippen LogP contribution in [0, 0.1) is 0 Å². The molecule has 92 valence electrons. The maximum absolute atomic E-state index is 10.0. The Morgan fingerprint density at radius 2 is 1.82 bits per heavy atom. The predicted octanol–water partition coefficient (Wildman–Crippen LogP) is 1.71. The van der Waals surface area contributed by atoms with Crippen LogP contribution in [0.5, 0.6) is 5.75 Å². The molecule has 3 rings (SSSR count). The Balaban J connectivity index is 1.78. The first-order valence-electron chi connectivity index (χ1n) is 6.47. The molecule has 0 radical (unpaired) electrons. The number of benzene rings is 1. The number of rotatable bonds is 2. The Kier molecular flexibility index (Phi) is 3.04. The summed E-state index contributed by atoms with van der Waals surface area (Å²) >= 11 is 0. The third kappa shape index (κ3) is 2.31. The predicted molar refractivity (Wildman–Crippen MR) is 66.2 cm³/mol. The van der Waals surface area contributed by atoms with Crippen molar-refractivity contribution in [1.82, 2.24) is 4.90 Å². The molecule has 0 aromatic heterocycles. The lowest BCUT2D eigenvalue weighted by Crippen LogP contribution is -2.35. The highest BCUT2D eigenvalue weighted by atomic mass is 16.5. The summed E-state index contributed by atoms with van der Waals surface area (Å²) in [6.45, 7) is 4.41. The van der Waals surface area contributed by atoms with Crippen molar-refractivity contribution in [2.24, 2.45) is 0 Å².